The molecule has 2 rings (SSSR count). The number of hydrogen-bond donors (Lipinski definition) is 2. The highest BCUT2D eigenvalue weighted by molar-refractivity contribution is 7.91. The Labute approximate surface area is 118 Å². The van der Waals surface area contributed by atoms with Gasteiger partial charge >= 0.3 is 0 Å². The number of anilines is 1. The van der Waals surface area contributed by atoms with Crippen molar-refractivity contribution < 1.29 is 16.8 Å². The van der Waals surface area contributed by atoms with Crippen LogP contribution in [-0.2, 0) is 19.9 Å². The molecule has 0 aliphatic carbocycles. The van der Waals surface area contributed by atoms with Crippen molar-refractivity contribution in [3.8, 4) is 0 Å². The van der Waals surface area contributed by atoms with Gasteiger partial charge in [-0.1, -0.05) is 0 Å². The maximum absolute atomic E-state index is 12.3. The van der Waals surface area contributed by atoms with Crippen molar-refractivity contribution in [2.75, 3.05) is 23.9 Å². The maximum Gasteiger partial charge on any atom is 0.260 e. The Morgan fingerprint density at radius 2 is 2.15 bits per heavy atom. The van der Waals surface area contributed by atoms with Gasteiger partial charge in [0.15, 0.2) is 14.9 Å². The van der Waals surface area contributed by atoms with E-state index in [1.54, 1.807) is 19.2 Å². The van der Waals surface area contributed by atoms with E-state index in [4.69, 9.17) is 0 Å². The third-order valence-corrected chi connectivity index (χ3v) is 6.38. The van der Waals surface area contributed by atoms with Gasteiger partial charge in [0.25, 0.3) is 10.0 Å². The van der Waals surface area contributed by atoms with Gasteiger partial charge in [-0.2, -0.15) is 0 Å². The van der Waals surface area contributed by atoms with Gasteiger partial charge in [-0.3, -0.25) is 0 Å². The topological polar surface area (TPSA) is 105 Å². The van der Waals surface area contributed by atoms with E-state index < -0.39 is 25.9 Å². The van der Waals surface area contributed by atoms with E-state index in [-0.39, 0.29) is 16.5 Å². The van der Waals surface area contributed by atoms with Crippen LogP contribution < -0.4 is 10.0 Å². The molecule has 0 saturated carbocycles. The number of pyridine rings is 1. The predicted molar refractivity (Wildman–Crippen MR) is 75.8 cm³/mol. The van der Waals surface area contributed by atoms with Crippen LogP contribution >= 0.6 is 0 Å². The van der Waals surface area contributed by atoms with Gasteiger partial charge in [0.1, 0.15) is 0 Å². The Kier molecular flexibility index (Phi) is 4.31. The van der Waals surface area contributed by atoms with Crippen molar-refractivity contribution in [3.63, 3.8) is 0 Å². The first-order valence-electron chi connectivity index (χ1n) is 6.19. The van der Waals surface area contributed by atoms with Gasteiger partial charge < -0.3 is 5.32 Å². The number of sulfonamides is 1. The SMILES string of the molecule is CNc1cccnc1S(=O)(=O)NC1CCCS(=O)(=O)C1. The first kappa shape index (κ1) is 15.2. The van der Waals surface area contributed by atoms with Crippen LogP contribution in [0.25, 0.3) is 0 Å². The van der Waals surface area contributed by atoms with Gasteiger partial charge in [0.2, 0.25) is 0 Å². The zero-order chi connectivity index (χ0) is 14.8. The van der Waals surface area contributed by atoms with Gasteiger partial charge in [0, 0.05) is 19.3 Å². The summed E-state index contributed by atoms with van der Waals surface area (Å²) in [7, 11) is -5.41. The summed E-state index contributed by atoms with van der Waals surface area (Å²) >= 11 is 0. The molecule has 1 unspecified atom stereocenters. The molecule has 7 nitrogen and oxygen atoms in total. The van der Waals surface area contributed by atoms with Crippen LogP contribution in [0.4, 0.5) is 5.69 Å². The van der Waals surface area contributed by atoms with Crippen LogP contribution in [0.1, 0.15) is 12.8 Å². The molecule has 1 atom stereocenters. The molecule has 0 bridgehead atoms. The monoisotopic (exact) mass is 319 g/mol. The van der Waals surface area contributed by atoms with Crippen LogP contribution in [-0.4, -0.2) is 46.4 Å². The normalized spacial score (nSPS) is 22.4. The Balaban J connectivity index is 2.23. The lowest BCUT2D eigenvalue weighted by atomic mass is 10.2. The molecule has 1 saturated heterocycles. The average molecular weight is 319 g/mol. The summed E-state index contributed by atoms with van der Waals surface area (Å²) in [4.78, 5) is 3.86. The zero-order valence-electron chi connectivity index (χ0n) is 11.0. The van der Waals surface area contributed by atoms with Gasteiger partial charge in [0.05, 0.1) is 17.2 Å². The van der Waals surface area contributed by atoms with Crippen molar-refractivity contribution in [2.45, 2.75) is 23.9 Å². The average Bonchev–Trinajstić information content (AvgIpc) is 2.37. The smallest absolute Gasteiger partial charge is 0.260 e. The van der Waals surface area contributed by atoms with E-state index in [2.05, 4.69) is 15.0 Å². The summed E-state index contributed by atoms with van der Waals surface area (Å²) in [6.07, 6.45) is 2.36. The molecule has 1 fully saturated rings. The van der Waals surface area contributed by atoms with E-state index in [9.17, 15) is 16.8 Å². The molecule has 1 aromatic rings. The van der Waals surface area contributed by atoms with Crippen LogP contribution in [0.5, 0.6) is 0 Å². The Morgan fingerprint density at radius 1 is 1.40 bits per heavy atom. The number of nitrogens with one attached hydrogen (secondary N) is 2. The molecule has 1 aliphatic heterocycles. The number of aromatic nitrogens is 1. The molecule has 112 valence electrons. The van der Waals surface area contributed by atoms with E-state index >= 15 is 0 Å². The molecule has 2 N–H and O–H groups in total. The van der Waals surface area contributed by atoms with Crippen molar-refractivity contribution in [1.82, 2.24) is 9.71 Å². The number of nitrogens with zero attached hydrogens (tertiary/aromatic N) is 1. The lowest BCUT2D eigenvalue weighted by Crippen LogP contribution is -2.43. The van der Waals surface area contributed by atoms with Crippen molar-refractivity contribution in [1.29, 1.82) is 0 Å². The summed E-state index contributed by atoms with van der Waals surface area (Å²) in [6, 6.07) is 2.63. The molecule has 0 aromatic carbocycles. The molecule has 2 heterocycles. The quantitative estimate of drug-likeness (QED) is 0.808. The number of sulfone groups is 1. The van der Waals surface area contributed by atoms with Crippen LogP contribution in [0.2, 0.25) is 0 Å². The van der Waals surface area contributed by atoms with Crippen molar-refractivity contribution in [2.24, 2.45) is 0 Å². The molecule has 0 spiro atoms. The standard InChI is InChI=1S/C11H17N3O4S2/c1-12-10-5-2-6-13-11(10)20(17,18)14-9-4-3-7-19(15,16)8-9/h2,5-6,9,12,14H,3-4,7-8H2,1H3. The molecule has 0 radical (unpaired) electrons. The molecule has 1 aromatic heterocycles. The van der Waals surface area contributed by atoms with Crippen LogP contribution in [0.15, 0.2) is 23.4 Å². The summed E-state index contributed by atoms with van der Waals surface area (Å²) in [5, 5.41) is 2.64. The van der Waals surface area contributed by atoms with Crippen LogP contribution in [0, 0.1) is 0 Å². The molecule has 1 aliphatic rings. The number of rotatable bonds is 4. The fourth-order valence-electron chi connectivity index (χ4n) is 2.19. The third-order valence-electron chi connectivity index (χ3n) is 3.08. The summed E-state index contributed by atoms with van der Waals surface area (Å²) < 4.78 is 50.1. The Hall–Kier alpha value is -1.19. The van der Waals surface area contributed by atoms with E-state index in [0.29, 0.717) is 18.5 Å². The molecule has 20 heavy (non-hydrogen) atoms. The number of hydrogen-bond acceptors (Lipinski definition) is 6. The van der Waals surface area contributed by atoms with Gasteiger partial charge in [-0.25, -0.2) is 26.5 Å². The molecular weight excluding hydrogens is 302 g/mol. The highest BCUT2D eigenvalue weighted by atomic mass is 32.2. The zero-order valence-corrected chi connectivity index (χ0v) is 12.7. The Morgan fingerprint density at radius 3 is 2.80 bits per heavy atom. The lowest BCUT2D eigenvalue weighted by molar-refractivity contribution is 0.516. The highest BCUT2D eigenvalue weighted by Gasteiger charge is 2.30. The highest BCUT2D eigenvalue weighted by Crippen LogP contribution is 2.19. The lowest BCUT2D eigenvalue weighted by Gasteiger charge is -2.23. The third kappa shape index (κ3) is 3.47. The van der Waals surface area contributed by atoms with Crippen LogP contribution in [0.3, 0.4) is 0 Å². The molecule has 9 heteroatoms. The summed E-state index contributed by atoms with van der Waals surface area (Å²) in [6.45, 7) is 0. The summed E-state index contributed by atoms with van der Waals surface area (Å²) in [5.41, 5.74) is 0.374. The molecular formula is C11H17N3O4S2. The first-order valence-corrected chi connectivity index (χ1v) is 9.50. The fraction of sp³-hybridized carbons (Fsp3) is 0.545. The minimum absolute atomic E-state index is 0.120. The van der Waals surface area contributed by atoms with E-state index in [1.165, 1.54) is 6.20 Å². The largest absolute Gasteiger partial charge is 0.386 e. The Bertz CT molecular complexity index is 685. The van der Waals surface area contributed by atoms with Crippen molar-refractivity contribution in [3.05, 3.63) is 18.3 Å². The predicted octanol–water partition coefficient (Wildman–Crippen LogP) is -0.0212. The van der Waals surface area contributed by atoms with Gasteiger partial charge in [-0.05, 0) is 25.0 Å². The fourth-order valence-corrected chi connectivity index (χ4v) is 5.34. The first-order chi connectivity index (χ1) is 9.34. The van der Waals surface area contributed by atoms with E-state index in [0.717, 1.165) is 0 Å². The summed E-state index contributed by atoms with van der Waals surface area (Å²) in [5.74, 6) is -0.0372. The minimum Gasteiger partial charge on any atom is -0.386 e. The molecule has 0 amide bonds. The second-order valence-corrected chi connectivity index (χ2v) is 8.54. The van der Waals surface area contributed by atoms with E-state index in [1.807, 2.05) is 0 Å². The van der Waals surface area contributed by atoms with Gasteiger partial charge in [-0.15, -0.1) is 0 Å². The van der Waals surface area contributed by atoms with Crippen molar-refractivity contribution >= 4 is 25.5 Å². The second kappa shape index (κ2) is 5.66. The maximum atomic E-state index is 12.3. The second-order valence-electron chi connectivity index (χ2n) is 4.68. The minimum atomic E-state index is -3.84.